The van der Waals surface area contributed by atoms with E-state index in [1.807, 2.05) is 18.2 Å². The number of unbranched alkanes of at least 4 members (excludes halogenated alkanes) is 1. The van der Waals surface area contributed by atoms with Gasteiger partial charge in [-0.15, -0.1) is 0 Å². The van der Waals surface area contributed by atoms with E-state index in [0.29, 0.717) is 13.2 Å². The monoisotopic (exact) mass is 490 g/mol. The maximum absolute atomic E-state index is 6.13. The van der Waals surface area contributed by atoms with Crippen molar-refractivity contribution in [3.8, 4) is 5.75 Å². The lowest BCUT2D eigenvalue weighted by molar-refractivity contribution is 0.127. The van der Waals surface area contributed by atoms with Crippen molar-refractivity contribution in [2.75, 3.05) is 38.4 Å². The molecule has 2 aromatic carbocycles. The molecule has 4 aromatic rings. The lowest BCUT2D eigenvalue weighted by atomic mass is 10.0. The van der Waals surface area contributed by atoms with E-state index in [2.05, 4.69) is 70.2 Å². The molecule has 0 amide bonds. The van der Waals surface area contributed by atoms with E-state index in [9.17, 15) is 0 Å². The first kappa shape index (κ1) is 25.7. The largest absolute Gasteiger partial charge is 0.496 e. The van der Waals surface area contributed by atoms with Gasteiger partial charge >= 0.3 is 0 Å². The molecule has 0 saturated heterocycles. The van der Waals surface area contributed by atoms with E-state index < -0.39 is 0 Å². The fraction of sp³-hybridized carbons (Fsp3) is 0.429. The minimum Gasteiger partial charge on any atom is -0.496 e. The van der Waals surface area contributed by atoms with E-state index in [0.717, 1.165) is 65.0 Å². The lowest BCUT2D eigenvalue weighted by Crippen LogP contribution is -2.42. The second-order valence-corrected chi connectivity index (χ2v) is 9.83. The summed E-state index contributed by atoms with van der Waals surface area (Å²) in [5.41, 5.74) is 11.2. The van der Waals surface area contributed by atoms with Gasteiger partial charge in [0.1, 0.15) is 16.8 Å². The van der Waals surface area contributed by atoms with Crippen molar-refractivity contribution >= 4 is 33.7 Å². The van der Waals surface area contributed by atoms with Gasteiger partial charge in [-0.1, -0.05) is 37.6 Å². The Balaban J connectivity index is 1.78. The van der Waals surface area contributed by atoms with Crippen LogP contribution in [0.25, 0.3) is 21.9 Å². The Kier molecular flexibility index (Phi) is 7.96. The predicted octanol–water partition coefficient (Wildman–Crippen LogP) is 4.95. The van der Waals surface area contributed by atoms with Gasteiger partial charge in [-0.3, -0.25) is 0 Å². The molecule has 0 aliphatic carbocycles. The zero-order chi connectivity index (χ0) is 25.7. The fourth-order valence-electron chi connectivity index (χ4n) is 4.61. The van der Waals surface area contributed by atoms with Gasteiger partial charge in [0.05, 0.1) is 25.8 Å². The number of nitrogens with zero attached hydrogens (tertiary/aromatic N) is 3. The molecule has 0 bridgehead atoms. The van der Waals surface area contributed by atoms with Crippen LogP contribution in [0.5, 0.6) is 5.75 Å². The first-order valence-corrected chi connectivity index (χ1v) is 12.5. The predicted molar refractivity (Wildman–Crippen MR) is 148 cm³/mol. The molecule has 192 valence electrons. The molecular formula is C28H38N6O2. The summed E-state index contributed by atoms with van der Waals surface area (Å²) in [6.07, 6.45) is 2.15. The number of nitrogens with one attached hydrogen (secondary N) is 2. The third-order valence-corrected chi connectivity index (χ3v) is 6.39. The third-order valence-electron chi connectivity index (χ3n) is 6.39. The van der Waals surface area contributed by atoms with Gasteiger partial charge in [0, 0.05) is 36.7 Å². The summed E-state index contributed by atoms with van der Waals surface area (Å²) >= 11 is 0. The Bertz CT molecular complexity index is 1330. The van der Waals surface area contributed by atoms with Gasteiger partial charge in [-0.25, -0.2) is 4.98 Å². The van der Waals surface area contributed by atoms with Gasteiger partial charge in [-0.2, -0.15) is 4.98 Å². The summed E-state index contributed by atoms with van der Waals surface area (Å²) in [6.45, 7) is 9.24. The van der Waals surface area contributed by atoms with Crippen molar-refractivity contribution in [3.63, 3.8) is 0 Å². The fourth-order valence-corrected chi connectivity index (χ4v) is 4.61. The number of rotatable bonds is 12. The van der Waals surface area contributed by atoms with Crippen molar-refractivity contribution < 1.29 is 9.47 Å². The van der Waals surface area contributed by atoms with Crippen LogP contribution >= 0.6 is 0 Å². The number of fused-ring (bicyclic) bond motifs is 3. The van der Waals surface area contributed by atoms with Crippen LogP contribution in [0.3, 0.4) is 0 Å². The quantitative estimate of drug-likeness (QED) is 0.242. The molecule has 0 aliphatic rings. The number of hydrogen-bond acceptors (Lipinski definition) is 7. The van der Waals surface area contributed by atoms with Crippen LogP contribution in [0.2, 0.25) is 0 Å². The Morgan fingerprint density at radius 3 is 2.64 bits per heavy atom. The van der Waals surface area contributed by atoms with Gasteiger partial charge in [0.2, 0.25) is 5.95 Å². The molecule has 0 fully saturated rings. The maximum Gasteiger partial charge on any atom is 0.222 e. The topological polar surface area (TPSA) is 99.2 Å². The number of benzene rings is 2. The second kappa shape index (κ2) is 11.1. The average molecular weight is 491 g/mol. The van der Waals surface area contributed by atoms with Gasteiger partial charge in [0.25, 0.3) is 0 Å². The molecule has 2 heterocycles. The minimum absolute atomic E-state index is 0.127. The van der Waals surface area contributed by atoms with Crippen LogP contribution in [0, 0.1) is 0 Å². The van der Waals surface area contributed by atoms with Crippen LogP contribution < -0.4 is 21.1 Å². The normalized spacial score (nSPS) is 11.9. The lowest BCUT2D eigenvalue weighted by Gasteiger charge is -2.25. The van der Waals surface area contributed by atoms with Crippen LogP contribution in [0.4, 0.5) is 11.8 Å². The molecule has 4 rings (SSSR count). The molecule has 0 aliphatic heterocycles. The molecule has 4 N–H and O–H groups in total. The van der Waals surface area contributed by atoms with E-state index >= 15 is 0 Å². The Labute approximate surface area is 213 Å². The number of para-hydroxylation sites is 1. The number of aromatic nitrogens is 3. The standard InChI is InChI=1S/C28H38N6O2/c1-6-7-14-30-26-25-24(32-27(29)33-26)21-10-8-9-11-22(21)34(25)17-20-15-19(12-13-23(20)36-5)16-31-28(2,3)18-35-4/h8-13,15,31H,6-7,14,16-18H2,1-5H3,(H3,29,30,32,33). The van der Waals surface area contributed by atoms with E-state index in [-0.39, 0.29) is 11.5 Å². The summed E-state index contributed by atoms with van der Waals surface area (Å²) in [5, 5.41) is 8.14. The van der Waals surface area contributed by atoms with Gasteiger partial charge in [-0.05, 0) is 44.0 Å². The molecule has 0 atom stereocenters. The molecule has 8 heteroatoms. The molecule has 0 spiro atoms. The van der Waals surface area contributed by atoms with Crippen molar-refractivity contribution in [1.82, 2.24) is 19.9 Å². The number of nitrogen functional groups attached to an aromatic ring is 1. The molecular weight excluding hydrogens is 452 g/mol. The summed E-state index contributed by atoms with van der Waals surface area (Å²) in [4.78, 5) is 9.23. The summed E-state index contributed by atoms with van der Waals surface area (Å²) in [6, 6.07) is 14.6. The molecule has 2 aromatic heterocycles. The number of methoxy groups -OCH3 is 2. The first-order valence-electron chi connectivity index (χ1n) is 12.5. The van der Waals surface area contributed by atoms with Crippen LogP contribution in [0.1, 0.15) is 44.7 Å². The van der Waals surface area contributed by atoms with Gasteiger partial charge < -0.3 is 30.4 Å². The Morgan fingerprint density at radius 2 is 1.89 bits per heavy atom. The highest BCUT2D eigenvalue weighted by atomic mass is 16.5. The number of nitrogens with two attached hydrogens (primary N) is 1. The van der Waals surface area contributed by atoms with Crippen LogP contribution in [-0.4, -0.2) is 47.4 Å². The van der Waals surface area contributed by atoms with Gasteiger partial charge in [0.15, 0.2) is 5.82 Å². The first-order chi connectivity index (χ1) is 17.4. The number of ether oxygens (including phenoxy) is 2. The highest BCUT2D eigenvalue weighted by Gasteiger charge is 2.20. The highest BCUT2D eigenvalue weighted by molar-refractivity contribution is 6.09. The third kappa shape index (κ3) is 5.55. The Morgan fingerprint density at radius 1 is 1.08 bits per heavy atom. The Hall–Kier alpha value is -3.36. The van der Waals surface area contributed by atoms with E-state index in [1.165, 1.54) is 5.56 Å². The van der Waals surface area contributed by atoms with Crippen molar-refractivity contribution in [3.05, 3.63) is 53.6 Å². The van der Waals surface area contributed by atoms with E-state index in [1.54, 1.807) is 14.2 Å². The van der Waals surface area contributed by atoms with Crippen molar-refractivity contribution in [2.45, 2.75) is 52.2 Å². The average Bonchev–Trinajstić information content (AvgIpc) is 3.16. The molecule has 0 radical (unpaired) electrons. The minimum atomic E-state index is -0.127. The smallest absolute Gasteiger partial charge is 0.222 e. The molecule has 36 heavy (non-hydrogen) atoms. The summed E-state index contributed by atoms with van der Waals surface area (Å²) in [5.74, 6) is 1.88. The maximum atomic E-state index is 6.13. The highest BCUT2D eigenvalue weighted by Crippen LogP contribution is 2.34. The zero-order valence-electron chi connectivity index (χ0n) is 22.0. The summed E-state index contributed by atoms with van der Waals surface area (Å²) < 4.78 is 13.4. The van der Waals surface area contributed by atoms with Crippen molar-refractivity contribution in [2.24, 2.45) is 0 Å². The zero-order valence-corrected chi connectivity index (χ0v) is 22.0. The SMILES string of the molecule is CCCCNc1nc(N)nc2c3ccccc3n(Cc3cc(CNC(C)(C)COC)ccc3OC)c12. The second-order valence-electron chi connectivity index (χ2n) is 9.83. The molecule has 8 nitrogen and oxygen atoms in total. The molecule has 0 unspecified atom stereocenters. The summed E-state index contributed by atoms with van der Waals surface area (Å²) in [7, 11) is 3.44. The van der Waals surface area contributed by atoms with Crippen LogP contribution in [-0.2, 0) is 17.8 Å². The number of hydrogen-bond donors (Lipinski definition) is 3. The van der Waals surface area contributed by atoms with E-state index in [4.69, 9.17) is 15.2 Å². The number of anilines is 2. The molecule has 0 saturated carbocycles. The van der Waals surface area contributed by atoms with Crippen LogP contribution in [0.15, 0.2) is 42.5 Å². The van der Waals surface area contributed by atoms with Crippen molar-refractivity contribution in [1.29, 1.82) is 0 Å².